The molecule has 1 aliphatic heterocycles. The second kappa shape index (κ2) is 8.11. The molecule has 1 aromatic carbocycles. The van der Waals surface area contributed by atoms with Gasteiger partial charge in [0.05, 0.1) is 5.56 Å². The maximum absolute atomic E-state index is 9.25. The van der Waals surface area contributed by atoms with E-state index >= 15 is 0 Å². The summed E-state index contributed by atoms with van der Waals surface area (Å²) in [6, 6.07) is 16.4. The van der Waals surface area contributed by atoms with Gasteiger partial charge in [-0.25, -0.2) is 4.98 Å². The van der Waals surface area contributed by atoms with Crippen molar-refractivity contribution < 1.29 is 4.74 Å². The summed E-state index contributed by atoms with van der Waals surface area (Å²) < 4.78 is 5.57. The van der Waals surface area contributed by atoms with E-state index < -0.39 is 0 Å². The number of benzene rings is 1. The van der Waals surface area contributed by atoms with E-state index in [1.165, 1.54) is 5.56 Å². The van der Waals surface area contributed by atoms with Gasteiger partial charge in [0, 0.05) is 37.5 Å². The van der Waals surface area contributed by atoms with Crippen LogP contribution in [0.4, 0.5) is 5.82 Å². The predicted octanol–water partition coefficient (Wildman–Crippen LogP) is 3.27. The minimum absolute atomic E-state index is 0.0856. The van der Waals surface area contributed by atoms with Crippen LogP contribution in [0.5, 0.6) is 0 Å². The van der Waals surface area contributed by atoms with E-state index in [-0.39, 0.29) is 11.6 Å². The molecule has 130 valence electrons. The van der Waals surface area contributed by atoms with Crippen LogP contribution < -0.4 is 10.6 Å². The topological polar surface area (TPSA) is 70.0 Å². The summed E-state index contributed by atoms with van der Waals surface area (Å²) >= 11 is 0. The quantitative estimate of drug-likeness (QED) is 0.847. The predicted molar refractivity (Wildman–Crippen MR) is 98.2 cm³/mol. The summed E-state index contributed by atoms with van der Waals surface area (Å²) in [5, 5.41) is 16.4. The lowest BCUT2D eigenvalue weighted by atomic mass is 9.88. The molecule has 0 unspecified atom stereocenters. The Hall–Kier alpha value is -2.42. The molecule has 0 bridgehead atoms. The molecule has 1 fully saturated rings. The molecule has 0 spiro atoms. The highest BCUT2D eigenvalue weighted by atomic mass is 16.5. The van der Waals surface area contributed by atoms with Crippen LogP contribution in [-0.4, -0.2) is 30.3 Å². The molecule has 0 radical (unpaired) electrons. The van der Waals surface area contributed by atoms with Crippen molar-refractivity contribution in [1.29, 1.82) is 5.26 Å². The van der Waals surface area contributed by atoms with Gasteiger partial charge in [-0.15, -0.1) is 0 Å². The fraction of sp³-hybridized carbons (Fsp3) is 0.400. The van der Waals surface area contributed by atoms with E-state index in [1.807, 2.05) is 6.07 Å². The first-order valence-electron chi connectivity index (χ1n) is 8.72. The standard InChI is InChI=1S/C20H24N4O/c1-16(17-6-3-2-4-7-17)24-20(9-12-25-13-10-20)15-23-19-18(14-21)8-5-11-22-19/h2-8,11,16,24H,9-10,12-13,15H2,1H3,(H,22,23)/t16-/m0/s1. The molecule has 25 heavy (non-hydrogen) atoms. The van der Waals surface area contributed by atoms with Crippen LogP contribution in [0.1, 0.15) is 36.9 Å². The highest BCUT2D eigenvalue weighted by molar-refractivity contribution is 5.51. The van der Waals surface area contributed by atoms with Gasteiger partial charge in [0.2, 0.25) is 0 Å². The van der Waals surface area contributed by atoms with Crippen LogP contribution in [0.3, 0.4) is 0 Å². The molecule has 3 rings (SSSR count). The summed E-state index contributed by atoms with van der Waals surface area (Å²) in [5.74, 6) is 0.644. The Kier molecular flexibility index (Phi) is 5.64. The number of rotatable bonds is 6. The zero-order chi connectivity index (χ0) is 17.5. The maximum Gasteiger partial charge on any atom is 0.143 e. The van der Waals surface area contributed by atoms with Crippen molar-refractivity contribution in [1.82, 2.24) is 10.3 Å². The first-order chi connectivity index (χ1) is 12.2. The smallest absolute Gasteiger partial charge is 0.143 e. The third-order valence-electron chi connectivity index (χ3n) is 4.79. The molecule has 2 aromatic rings. The Labute approximate surface area is 149 Å². The zero-order valence-corrected chi connectivity index (χ0v) is 14.5. The molecule has 1 aliphatic rings. The van der Waals surface area contributed by atoms with Gasteiger partial charge in [-0.2, -0.15) is 5.26 Å². The summed E-state index contributed by atoms with van der Waals surface area (Å²) in [5.41, 5.74) is 1.75. The molecule has 0 aliphatic carbocycles. The average Bonchev–Trinajstić information content (AvgIpc) is 2.68. The number of hydrogen-bond donors (Lipinski definition) is 2. The number of pyridine rings is 1. The molecule has 1 aromatic heterocycles. The van der Waals surface area contributed by atoms with Crippen molar-refractivity contribution in [3.8, 4) is 6.07 Å². The van der Waals surface area contributed by atoms with Gasteiger partial charge in [0.15, 0.2) is 0 Å². The molecule has 2 heterocycles. The van der Waals surface area contributed by atoms with Gasteiger partial charge < -0.3 is 15.4 Å². The lowest BCUT2D eigenvalue weighted by Crippen LogP contribution is -2.54. The summed E-state index contributed by atoms with van der Waals surface area (Å²) in [6.45, 7) is 4.38. The minimum Gasteiger partial charge on any atom is -0.381 e. The third-order valence-corrected chi connectivity index (χ3v) is 4.79. The fourth-order valence-corrected chi connectivity index (χ4v) is 3.31. The van der Waals surface area contributed by atoms with E-state index in [9.17, 15) is 5.26 Å². The van der Waals surface area contributed by atoms with E-state index in [2.05, 4.69) is 52.9 Å². The number of hydrogen-bond acceptors (Lipinski definition) is 5. The van der Waals surface area contributed by atoms with Crippen LogP contribution in [0.15, 0.2) is 48.7 Å². The molecule has 5 nitrogen and oxygen atoms in total. The van der Waals surface area contributed by atoms with E-state index in [4.69, 9.17) is 4.74 Å². The number of ether oxygens (including phenoxy) is 1. The highest BCUT2D eigenvalue weighted by Crippen LogP contribution is 2.26. The Morgan fingerprint density at radius 2 is 1.96 bits per heavy atom. The van der Waals surface area contributed by atoms with E-state index in [1.54, 1.807) is 18.3 Å². The van der Waals surface area contributed by atoms with Crippen LogP contribution in [0, 0.1) is 11.3 Å². The van der Waals surface area contributed by atoms with Crippen molar-refractivity contribution in [3.05, 3.63) is 59.8 Å². The summed E-state index contributed by atoms with van der Waals surface area (Å²) in [7, 11) is 0. The first-order valence-corrected chi connectivity index (χ1v) is 8.72. The van der Waals surface area contributed by atoms with E-state index in [0.29, 0.717) is 17.9 Å². The zero-order valence-electron chi connectivity index (χ0n) is 14.5. The fourth-order valence-electron chi connectivity index (χ4n) is 3.31. The molecular formula is C20H24N4O. The van der Waals surface area contributed by atoms with Crippen LogP contribution in [0.2, 0.25) is 0 Å². The van der Waals surface area contributed by atoms with Crippen LogP contribution >= 0.6 is 0 Å². The molecule has 0 amide bonds. The van der Waals surface area contributed by atoms with E-state index in [0.717, 1.165) is 26.1 Å². The molecule has 2 N–H and O–H groups in total. The van der Waals surface area contributed by atoms with Gasteiger partial charge in [-0.1, -0.05) is 30.3 Å². The third kappa shape index (κ3) is 4.36. The molecule has 1 atom stereocenters. The minimum atomic E-state index is -0.0856. The Bertz CT molecular complexity index is 720. The monoisotopic (exact) mass is 336 g/mol. The average molecular weight is 336 g/mol. The SMILES string of the molecule is C[C@H](NC1(CNc2ncccc2C#N)CCOCC1)c1ccccc1. The van der Waals surface area contributed by atoms with Gasteiger partial charge in [-0.05, 0) is 37.5 Å². The van der Waals surface area contributed by atoms with Crippen molar-refractivity contribution >= 4 is 5.82 Å². The summed E-state index contributed by atoms with van der Waals surface area (Å²) in [4.78, 5) is 4.31. The lowest BCUT2D eigenvalue weighted by molar-refractivity contribution is 0.0389. The van der Waals surface area contributed by atoms with Crippen molar-refractivity contribution in [2.45, 2.75) is 31.3 Å². The molecule has 0 saturated carbocycles. The number of aromatic nitrogens is 1. The normalized spacial score (nSPS) is 17.4. The molecule has 1 saturated heterocycles. The summed E-state index contributed by atoms with van der Waals surface area (Å²) in [6.07, 6.45) is 3.55. The van der Waals surface area contributed by atoms with Gasteiger partial charge in [0.1, 0.15) is 11.9 Å². The van der Waals surface area contributed by atoms with Crippen molar-refractivity contribution in [2.75, 3.05) is 25.1 Å². The van der Waals surface area contributed by atoms with Crippen molar-refractivity contribution in [2.24, 2.45) is 0 Å². The molecule has 5 heteroatoms. The lowest BCUT2D eigenvalue weighted by Gasteiger charge is -2.40. The number of nitrogens with zero attached hydrogens (tertiary/aromatic N) is 2. The Balaban J connectivity index is 1.73. The van der Waals surface area contributed by atoms with Gasteiger partial charge in [0.25, 0.3) is 0 Å². The Morgan fingerprint density at radius 3 is 2.68 bits per heavy atom. The van der Waals surface area contributed by atoms with Gasteiger partial charge in [-0.3, -0.25) is 0 Å². The molecular weight excluding hydrogens is 312 g/mol. The van der Waals surface area contributed by atoms with Crippen molar-refractivity contribution in [3.63, 3.8) is 0 Å². The first kappa shape index (κ1) is 17.4. The second-order valence-electron chi connectivity index (χ2n) is 6.53. The van der Waals surface area contributed by atoms with Crippen LogP contribution in [0.25, 0.3) is 0 Å². The highest BCUT2D eigenvalue weighted by Gasteiger charge is 2.34. The van der Waals surface area contributed by atoms with Crippen LogP contribution in [-0.2, 0) is 4.74 Å². The second-order valence-corrected chi connectivity index (χ2v) is 6.53. The Morgan fingerprint density at radius 1 is 1.20 bits per heavy atom. The number of anilines is 1. The number of nitriles is 1. The number of nitrogens with one attached hydrogen (secondary N) is 2. The maximum atomic E-state index is 9.25. The largest absolute Gasteiger partial charge is 0.381 e. The van der Waals surface area contributed by atoms with Gasteiger partial charge >= 0.3 is 0 Å².